The van der Waals surface area contributed by atoms with E-state index in [1.165, 1.54) is 22.6 Å². The van der Waals surface area contributed by atoms with Crippen LogP contribution in [0.4, 0.5) is 5.00 Å². The molecule has 1 aliphatic rings. The Labute approximate surface area is 158 Å². The van der Waals surface area contributed by atoms with Crippen LogP contribution in [0.15, 0.2) is 24.3 Å². The van der Waals surface area contributed by atoms with Crippen LogP contribution in [0.2, 0.25) is 0 Å². The number of aryl methyl sites for hydroxylation is 2. The van der Waals surface area contributed by atoms with Crippen molar-refractivity contribution in [1.82, 2.24) is 0 Å². The van der Waals surface area contributed by atoms with Crippen molar-refractivity contribution in [2.45, 2.75) is 59.0 Å². The summed E-state index contributed by atoms with van der Waals surface area (Å²) in [4.78, 5) is 26.6. The Hall–Kier alpha value is -2.14. The van der Waals surface area contributed by atoms with Crippen molar-refractivity contribution in [3.63, 3.8) is 0 Å². The number of amides is 1. The van der Waals surface area contributed by atoms with Gasteiger partial charge >= 0.3 is 5.97 Å². The fourth-order valence-corrected chi connectivity index (χ4v) is 4.47. The maximum Gasteiger partial charge on any atom is 0.341 e. The minimum absolute atomic E-state index is 0.190. The zero-order chi connectivity index (χ0) is 18.7. The highest BCUT2D eigenvalue weighted by molar-refractivity contribution is 7.17. The number of rotatable bonds is 4. The van der Waals surface area contributed by atoms with Gasteiger partial charge in [-0.3, -0.25) is 4.79 Å². The molecule has 1 aliphatic carbocycles. The van der Waals surface area contributed by atoms with E-state index < -0.39 is 0 Å². The smallest absolute Gasteiger partial charge is 0.341 e. The SMILES string of the molecule is Cc1ccc(C(=O)Nc2sc3c(c2C(=O)OC(C)C)CCCCC3)cc1. The van der Waals surface area contributed by atoms with Crippen LogP contribution in [-0.4, -0.2) is 18.0 Å². The second-order valence-electron chi connectivity index (χ2n) is 7.04. The van der Waals surface area contributed by atoms with Gasteiger partial charge in [-0.2, -0.15) is 0 Å². The molecule has 2 aromatic rings. The molecule has 0 unspecified atom stereocenters. The van der Waals surface area contributed by atoms with Gasteiger partial charge in [0.25, 0.3) is 5.91 Å². The molecule has 0 spiro atoms. The van der Waals surface area contributed by atoms with Crippen molar-refractivity contribution in [2.75, 3.05) is 5.32 Å². The van der Waals surface area contributed by atoms with Crippen molar-refractivity contribution < 1.29 is 14.3 Å². The molecule has 1 amide bonds. The van der Waals surface area contributed by atoms with Gasteiger partial charge in [-0.15, -0.1) is 11.3 Å². The Kier molecular flexibility index (Phi) is 5.77. The van der Waals surface area contributed by atoms with Crippen LogP contribution >= 0.6 is 11.3 Å². The van der Waals surface area contributed by atoms with E-state index in [0.29, 0.717) is 16.1 Å². The zero-order valence-electron chi connectivity index (χ0n) is 15.6. The first-order valence-corrected chi connectivity index (χ1v) is 10.0. The average molecular weight is 372 g/mol. The van der Waals surface area contributed by atoms with Crippen LogP contribution in [0.1, 0.15) is 69.8 Å². The third-order valence-corrected chi connectivity index (χ3v) is 5.72. The van der Waals surface area contributed by atoms with Crippen molar-refractivity contribution in [1.29, 1.82) is 0 Å². The van der Waals surface area contributed by atoms with E-state index in [1.807, 2.05) is 32.9 Å². The third kappa shape index (κ3) is 4.15. The summed E-state index contributed by atoms with van der Waals surface area (Å²) in [6, 6.07) is 7.42. The lowest BCUT2D eigenvalue weighted by atomic mass is 10.1. The minimum Gasteiger partial charge on any atom is -0.459 e. The van der Waals surface area contributed by atoms with Gasteiger partial charge in [0.15, 0.2) is 0 Å². The van der Waals surface area contributed by atoms with Gasteiger partial charge < -0.3 is 10.1 Å². The number of hydrogen-bond donors (Lipinski definition) is 1. The standard InChI is InChI=1S/C21H25NO3S/c1-13(2)25-21(24)18-16-7-5-4-6-8-17(16)26-20(18)22-19(23)15-11-9-14(3)10-12-15/h9-13H,4-8H2,1-3H3,(H,22,23). The van der Waals surface area contributed by atoms with E-state index in [0.717, 1.165) is 36.8 Å². The number of carbonyl (C=O) groups excluding carboxylic acids is 2. The van der Waals surface area contributed by atoms with Gasteiger partial charge in [-0.25, -0.2) is 4.79 Å². The van der Waals surface area contributed by atoms with E-state index >= 15 is 0 Å². The maximum atomic E-state index is 12.7. The Morgan fingerprint density at radius 2 is 1.77 bits per heavy atom. The second-order valence-corrected chi connectivity index (χ2v) is 8.15. The molecule has 1 N–H and O–H groups in total. The molecule has 1 aromatic heterocycles. The molecule has 0 atom stereocenters. The van der Waals surface area contributed by atoms with E-state index in [9.17, 15) is 9.59 Å². The predicted molar refractivity (Wildman–Crippen MR) is 105 cm³/mol. The molecule has 0 fully saturated rings. The number of esters is 1. The van der Waals surface area contributed by atoms with Crippen LogP contribution in [-0.2, 0) is 17.6 Å². The normalized spacial score (nSPS) is 13.8. The highest BCUT2D eigenvalue weighted by atomic mass is 32.1. The van der Waals surface area contributed by atoms with Crippen molar-refractivity contribution >= 4 is 28.2 Å². The Bertz CT molecular complexity index is 805. The summed E-state index contributed by atoms with van der Waals surface area (Å²) < 4.78 is 5.46. The molecule has 0 aliphatic heterocycles. The molecule has 4 nitrogen and oxygen atoms in total. The minimum atomic E-state index is -0.335. The summed E-state index contributed by atoms with van der Waals surface area (Å²) in [7, 11) is 0. The van der Waals surface area contributed by atoms with E-state index in [1.54, 1.807) is 12.1 Å². The summed E-state index contributed by atoms with van der Waals surface area (Å²) in [5, 5.41) is 3.58. The van der Waals surface area contributed by atoms with E-state index in [4.69, 9.17) is 4.74 Å². The highest BCUT2D eigenvalue weighted by Crippen LogP contribution is 2.38. The summed E-state index contributed by atoms with van der Waals surface area (Å²) in [5.74, 6) is -0.529. The summed E-state index contributed by atoms with van der Waals surface area (Å²) in [5.41, 5.74) is 3.31. The summed E-state index contributed by atoms with van der Waals surface area (Å²) >= 11 is 1.52. The molecule has 0 bridgehead atoms. The van der Waals surface area contributed by atoms with E-state index in [-0.39, 0.29) is 18.0 Å². The van der Waals surface area contributed by atoms with Crippen LogP contribution in [0.25, 0.3) is 0 Å². The maximum absolute atomic E-state index is 12.7. The third-order valence-electron chi connectivity index (χ3n) is 4.51. The fraction of sp³-hybridized carbons (Fsp3) is 0.429. The quantitative estimate of drug-likeness (QED) is 0.598. The molecule has 0 saturated carbocycles. The van der Waals surface area contributed by atoms with Gasteiger partial charge in [-0.1, -0.05) is 24.1 Å². The van der Waals surface area contributed by atoms with Crippen LogP contribution < -0.4 is 5.32 Å². The molecule has 1 heterocycles. The lowest BCUT2D eigenvalue weighted by Crippen LogP contribution is -2.17. The number of fused-ring (bicyclic) bond motifs is 1. The Morgan fingerprint density at radius 1 is 1.08 bits per heavy atom. The molecule has 138 valence electrons. The topological polar surface area (TPSA) is 55.4 Å². The monoisotopic (exact) mass is 371 g/mol. The fourth-order valence-electron chi connectivity index (χ4n) is 3.20. The van der Waals surface area contributed by atoms with Crippen LogP contribution in [0, 0.1) is 6.92 Å². The van der Waals surface area contributed by atoms with Gasteiger partial charge in [0, 0.05) is 10.4 Å². The van der Waals surface area contributed by atoms with Crippen LogP contribution in [0.5, 0.6) is 0 Å². The molecule has 1 aromatic carbocycles. The first-order chi connectivity index (χ1) is 12.5. The largest absolute Gasteiger partial charge is 0.459 e. The average Bonchev–Trinajstić information content (AvgIpc) is 2.76. The van der Waals surface area contributed by atoms with Crippen LogP contribution in [0.3, 0.4) is 0 Å². The van der Waals surface area contributed by atoms with Gasteiger partial charge in [0.05, 0.1) is 11.7 Å². The molecular weight excluding hydrogens is 346 g/mol. The molecular formula is C21H25NO3S. The molecule has 0 radical (unpaired) electrons. The number of nitrogens with one attached hydrogen (secondary N) is 1. The van der Waals surface area contributed by atoms with Gasteiger partial charge in [-0.05, 0) is 64.2 Å². The molecule has 26 heavy (non-hydrogen) atoms. The number of hydrogen-bond acceptors (Lipinski definition) is 4. The first kappa shape index (κ1) is 18.6. The van der Waals surface area contributed by atoms with Gasteiger partial charge in [0.2, 0.25) is 0 Å². The number of anilines is 1. The number of ether oxygens (including phenoxy) is 1. The van der Waals surface area contributed by atoms with Gasteiger partial charge in [0.1, 0.15) is 5.00 Å². The summed E-state index contributed by atoms with van der Waals surface area (Å²) in [6.45, 7) is 5.67. The zero-order valence-corrected chi connectivity index (χ0v) is 16.4. The Balaban J connectivity index is 1.93. The second kappa shape index (κ2) is 8.04. The number of benzene rings is 1. The Morgan fingerprint density at radius 3 is 2.46 bits per heavy atom. The molecule has 3 rings (SSSR count). The highest BCUT2D eigenvalue weighted by Gasteiger charge is 2.27. The lowest BCUT2D eigenvalue weighted by molar-refractivity contribution is 0.0378. The van der Waals surface area contributed by atoms with Crippen molar-refractivity contribution in [3.05, 3.63) is 51.4 Å². The van der Waals surface area contributed by atoms with E-state index in [2.05, 4.69) is 5.32 Å². The lowest BCUT2D eigenvalue weighted by Gasteiger charge is -2.11. The summed E-state index contributed by atoms with van der Waals surface area (Å²) in [6.07, 6.45) is 5.00. The predicted octanol–water partition coefficient (Wildman–Crippen LogP) is 5.14. The molecule has 0 saturated heterocycles. The number of carbonyl (C=O) groups is 2. The van der Waals surface area contributed by atoms with Crippen molar-refractivity contribution in [2.24, 2.45) is 0 Å². The molecule has 5 heteroatoms. The number of thiophene rings is 1. The first-order valence-electron chi connectivity index (χ1n) is 9.19. The van der Waals surface area contributed by atoms with Crippen molar-refractivity contribution in [3.8, 4) is 0 Å².